The Balaban J connectivity index is 1.77. The number of nitrogens with zero attached hydrogens (tertiary/aromatic N) is 2. The van der Waals surface area contributed by atoms with Crippen molar-refractivity contribution < 1.29 is 14.6 Å². The van der Waals surface area contributed by atoms with Gasteiger partial charge in [0.25, 0.3) is 0 Å². The molecular formula is C16H27N3O3. The summed E-state index contributed by atoms with van der Waals surface area (Å²) >= 11 is 0. The summed E-state index contributed by atoms with van der Waals surface area (Å²) in [6.07, 6.45) is 0.00285. The smallest absolute Gasteiger partial charge is 0.183 e. The Morgan fingerprint density at radius 2 is 2.23 bits per heavy atom. The highest BCUT2D eigenvalue weighted by molar-refractivity contribution is 5.10. The third kappa shape index (κ3) is 2.93. The molecule has 2 bridgehead atoms. The number of fused-ring (bicyclic) bond motifs is 2. The fourth-order valence-electron chi connectivity index (χ4n) is 3.40. The average molecular weight is 309 g/mol. The van der Waals surface area contributed by atoms with Gasteiger partial charge in [-0.2, -0.15) is 5.10 Å². The minimum Gasteiger partial charge on any atom is -0.389 e. The van der Waals surface area contributed by atoms with Gasteiger partial charge in [-0.3, -0.25) is 4.68 Å². The van der Waals surface area contributed by atoms with Gasteiger partial charge in [0.1, 0.15) is 12.1 Å². The Hall–Kier alpha value is -0.950. The summed E-state index contributed by atoms with van der Waals surface area (Å²) in [6, 6.07) is 1.59. The highest BCUT2D eigenvalue weighted by Gasteiger charge is 2.51. The van der Waals surface area contributed by atoms with Crippen molar-refractivity contribution in [1.82, 2.24) is 15.1 Å². The van der Waals surface area contributed by atoms with Gasteiger partial charge in [-0.05, 0) is 38.8 Å². The molecule has 5 atom stereocenters. The first-order chi connectivity index (χ1) is 10.5. The van der Waals surface area contributed by atoms with Crippen molar-refractivity contribution in [3.05, 3.63) is 17.5 Å². The summed E-state index contributed by atoms with van der Waals surface area (Å²) in [5.74, 6) is 0.633. The second-order valence-electron chi connectivity index (χ2n) is 6.89. The van der Waals surface area contributed by atoms with E-state index in [9.17, 15) is 5.11 Å². The van der Waals surface area contributed by atoms with E-state index in [1.165, 1.54) is 0 Å². The standard InChI is InChI=1S/C16H27N3O3/c1-9(2)5-6-17-13-12-8-21-16(22-12)14(15(13)20)19-11(4)7-10(3)18-19/h7,9,12-17,20H,5-6,8H2,1-4H3/t12-,13-,14-,15+,16-/m1/s1. The summed E-state index contributed by atoms with van der Waals surface area (Å²) < 4.78 is 13.6. The number of nitrogens with one attached hydrogen (secondary N) is 1. The fourth-order valence-corrected chi connectivity index (χ4v) is 3.40. The van der Waals surface area contributed by atoms with Crippen molar-refractivity contribution in [1.29, 1.82) is 0 Å². The molecular weight excluding hydrogens is 282 g/mol. The second-order valence-corrected chi connectivity index (χ2v) is 6.89. The molecule has 2 fully saturated rings. The SMILES string of the molecule is Cc1cc(C)n([C@H]2[C@@H]3OC[C@@H](O3)[C@@H](NCCC(C)C)[C@@H]2O)n1. The van der Waals surface area contributed by atoms with Gasteiger partial charge in [0.15, 0.2) is 6.29 Å². The van der Waals surface area contributed by atoms with Crippen molar-refractivity contribution >= 4 is 0 Å². The highest BCUT2D eigenvalue weighted by Crippen LogP contribution is 2.36. The molecule has 0 saturated carbocycles. The van der Waals surface area contributed by atoms with E-state index < -0.39 is 12.4 Å². The van der Waals surface area contributed by atoms with Crippen LogP contribution in [0.4, 0.5) is 0 Å². The highest BCUT2D eigenvalue weighted by atomic mass is 16.7. The molecule has 2 aliphatic rings. The van der Waals surface area contributed by atoms with Crippen LogP contribution >= 0.6 is 0 Å². The number of rotatable bonds is 5. The van der Waals surface area contributed by atoms with Crippen LogP contribution in [0.1, 0.15) is 37.7 Å². The fraction of sp³-hybridized carbons (Fsp3) is 0.812. The van der Waals surface area contributed by atoms with Gasteiger partial charge in [0.2, 0.25) is 0 Å². The maximum atomic E-state index is 10.9. The normalized spacial score (nSPS) is 34.5. The van der Waals surface area contributed by atoms with Gasteiger partial charge in [0.05, 0.1) is 24.4 Å². The zero-order valence-electron chi connectivity index (χ0n) is 13.8. The number of aryl methyl sites for hydroxylation is 2. The van der Waals surface area contributed by atoms with Crippen LogP contribution in [0.15, 0.2) is 6.07 Å². The molecule has 1 aromatic rings. The lowest BCUT2D eigenvalue weighted by atomic mass is 9.95. The number of hydrogen-bond acceptors (Lipinski definition) is 5. The van der Waals surface area contributed by atoms with Crippen molar-refractivity contribution in [3.8, 4) is 0 Å². The first-order valence-corrected chi connectivity index (χ1v) is 8.18. The molecule has 0 amide bonds. The molecule has 2 aliphatic heterocycles. The molecule has 3 heterocycles. The van der Waals surface area contributed by atoms with Crippen LogP contribution in [-0.2, 0) is 9.47 Å². The van der Waals surface area contributed by atoms with Crippen LogP contribution < -0.4 is 5.32 Å². The quantitative estimate of drug-likeness (QED) is 0.854. The predicted molar refractivity (Wildman–Crippen MR) is 82.6 cm³/mol. The Morgan fingerprint density at radius 1 is 1.45 bits per heavy atom. The Labute approximate surface area is 131 Å². The lowest BCUT2D eigenvalue weighted by Gasteiger charge is -2.39. The molecule has 0 unspecified atom stereocenters. The number of ether oxygens (including phenoxy) is 2. The van der Waals surface area contributed by atoms with E-state index in [1.54, 1.807) is 0 Å². The lowest BCUT2D eigenvalue weighted by Crippen LogP contribution is -2.58. The topological polar surface area (TPSA) is 68.5 Å². The Kier molecular flexibility index (Phi) is 4.54. The van der Waals surface area contributed by atoms with Crippen molar-refractivity contribution in [2.24, 2.45) is 5.92 Å². The van der Waals surface area contributed by atoms with Crippen LogP contribution in [0.25, 0.3) is 0 Å². The van der Waals surface area contributed by atoms with Gasteiger partial charge in [0, 0.05) is 5.69 Å². The number of aliphatic hydroxyl groups is 1. The molecule has 124 valence electrons. The number of aromatic nitrogens is 2. The van der Waals surface area contributed by atoms with E-state index in [0.29, 0.717) is 12.5 Å². The summed E-state index contributed by atoms with van der Waals surface area (Å²) in [5, 5.41) is 18.9. The second kappa shape index (κ2) is 6.28. The van der Waals surface area contributed by atoms with Gasteiger partial charge in [-0.25, -0.2) is 0 Å². The zero-order valence-corrected chi connectivity index (χ0v) is 13.8. The zero-order chi connectivity index (χ0) is 15.9. The summed E-state index contributed by atoms with van der Waals surface area (Å²) in [5.41, 5.74) is 1.95. The molecule has 0 radical (unpaired) electrons. The summed E-state index contributed by atoms with van der Waals surface area (Å²) in [4.78, 5) is 0. The van der Waals surface area contributed by atoms with E-state index in [1.807, 2.05) is 24.6 Å². The van der Waals surface area contributed by atoms with Crippen LogP contribution in [0.3, 0.4) is 0 Å². The van der Waals surface area contributed by atoms with Crippen molar-refractivity contribution in [3.63, 3.8) is 0 Å². The van der Waals surface area contributed by atoms with Crippen LogP contribution in [0.2, 0.25) is 0 Å². The maximum Gasteiger partial charge on any atom is 0.183 e. The van der Waals surface area contributed by atoms with Crippen LogP contribution in [-0.4, -0.2) is 52.6 Å². The van der Waals surface area contributed by atoms with E-state index in [0.717, 1.165) is 24.4 Å². The predicted octanol–water partition coefficient (Wildman–Crippen LogP) is 1.16. The van der Waals surface area contributed by atoms with Gasteiger partial charge in [-0.1, -0.05) is 13.8 Å². The van der Waals surface area contributed by atoms with E-state index in [2.05, 4.69) is 24.3 Å². The average Bonchev–Trinajstić information content (AvgIpc) is 2.99. The third-order valence-corrected chi connectivity index (χ3v) is 4.56. The van der Waals surface area contributed by atoms with Gasteiger partial charge in [-0.15, -0.1) is 0 Å². The number of aliphatic hydroxyl groups excluding tert-OH is 1. The lowest BCUT2D eigenvalue weighted by molar-refractivity contribution is -0.168. The summed E-state index contributed by atoms with van der Waals surface area (Å²) in [7, 11) is 0. The van der Waals surface area contributed by atoms with E-state index >= 15 is 0 Å². The van der Waals surface area contributed by atoms with E-state index in [4.69, 9.17) is 9.47 Å². The molecule has 22 heavy (non-hydrogen) atoms. The van der Waals surface area contributed by atoms with Gasteiger partial charge >= 0.3 is 0 Å². The first-order valence-electron chi connectivity index (χ1n) is 8.18. The van der Waals surface area contributed by atoms with E-state index in [-0.39, 0.29) is 18.2 Å². The Bertz CT molecular complexity index is 517. The largest absolute Gasteiger partial charge is 0.389 e. The Morgan fingerprint density at radius 3 is 2.86 bits per heavy atom. The minimum atomic E-state index is -0.573. The first kappa shape index (κ1) is 15.9. The molecule has 6 heteroatoms. The maximum absolute atomic E-state index is 10.9. The molecule has 0 aromatic carbocycles. The molecule has 1 aromatic heterocycles. The molecule has 2 saturated heterocycles. The van der Waals surface area contributed by atoms with Crippen molar-refractivity contribution in [2.75, 3.05) is 13.2 Å². The minimum absolute atomic E-state index is 0.0830. The van der Waals surface area contributed by atoms with Crippen LogP contribution in [0.5, 0.6) is 0 Å². The summed E-state index contributed by atoms with van der Waals surface area (Å²) in [6.45, 7) is 9.74. The third-order valence-electron chi connectivity index (χ3n) is 4.56. The monoisotopic (exact) mass is 309 g/mol. The molecule has 2 N–H and O–H groups in total. The number of hydrogen-bond donors (Lipinski definition) is 2. The van der Waals surface area contributed by atoms with Crippen LogP contribution in [0, 0.1) is 19.8 Å². The van der Waals surface area contributed by atoms with Gasteiger partial charge < -0.3 is 19.9 Å². The van der Waals surface area contributed by atoms with Crippen molar-refractivity contribution in [2.45, 2.75) is 64.7 Å². The molecule has 6 nitrogen and oxygen atoms in total. The molecule has 0 spiro atoms. The molecule has 3 rings (SSSR count). The molecule has 0 aliphatic carbocycles.